The molecule has 16 heavy (non-hydrogen) atoms. The molecule has 4 nitrogen and oxygen atoms in total. The number of halogens is 1. The lowest BCUT2D eigenvalue weighted by Crippen LogP contribution is -2.41. The highest BCUT2D eigenvalue weighted by Crippen LogP contribution is 2.17. The fraction of sp³-hybridized carbons (Fsp3) is 0.909. The largest absolute Gasteiger partial charge is 0.444 e. The van der Waals surface area contributed by atoms with E-state index >= 15 is 0 Å². The van der Waals surface area contributed by atoms with Crippen molar-refractivity contribution >= 4 is 6.09 Å². The Balaban J connectivity index is 2.56. The maximum atomic E-state index is 13.4. The Hall–Kier alpha value is -0.840. The molecule has 0 unspecified atom stereocenters. The fourth-order valence-electron chi connectivity index (χ4n) is 1.59. The van der Waals surface area contributed by atoms with Gasteiger partial charge < -0.3 is 14.7 Å². The van der Waals surface area contributed by atoms with Crippen LogP contribution in [0.2, 0.25) is 0 Å². The highest BCUT2D eigenvalue weighted by atomic mass is 19.1. The maximum Gasteiger partial charge on any atom is 0.410 e. The van der Waals surface area contributed by atoms with Crippen LogP contribution in [0.1, 0.15) is 33.6 Å². The highest BCUT2D eigenvalue weighted by molar-refractivity contribution is 5.68. The monoisotopic (exact) mass is 233 g/mol. The van der Waals surface area contributed by atoms with E-state index in [1.54, 1.807) is 20.8 Å². The molecular formula is C11H20FNO3. The lowest BCUT2D eigenvalue weighted by molar-refractivity contribution is 0.0161. The van der Waals surface area contributed by atoms with Gasteiger partial charge in [-0.2, -0.15) is 0 Å². The number of aliphatic hydroxyl groups excluding tert-OH is 1. The lowest BCUT2D eigenvalue weighted by atomic mass is 10.1. The average molecular weight is 233 g/mol. The van der Waals surface area contributed by atoms with Gasteiger partial charge in [0.25, 0.3) is 0 Å². The topological polar surface area (TPSA) is 49.8 Å². The van der Waals surface area contributed by atoms with Crippen LogP contribution in [0.5, 0.6) is 0 Å². The first kappa shape index (κ1) is 13.2. The van der Waals surface area contributed by atoms with Crippen LogP contribution in [0.4, 0.5) is 9.18 Å². The summed E-state index contributed by atoms with van der Waals surface area (Å²) in [6.45, 7) is 5.65. The smallest absolute Gasteiger partial charge is 0.410 e. The van der Waals surface area contributed by atoms with Crippen LogP contribution in [-0.4, -0.2) is 47.1 Å². The van der Waals surface area contributed by atoms with Crippen molar-refractivity contribution in [2.45, 2.75) is 51.5 Å². The Bertz CT molecular complexity index is 252. The quantitative estimate of drug-likeness (QED) is 0.693. The van der Waals surface area contributed by atoms with Gasteiger partial charge in [0, 0.05) is 6.54 Å². The second-order valence-corrected chi connectivity index (χ2v) is 5.15. The van der Waals surface area contributed by atoms with Gasteiger partial charge in [-0.3, -0.25) is 0 Å². The summed E-state index contributed by atoms with van der Waals surface area (Å²) < 4.78 is 18.5. The zero-order valence-corrected chi connectivity index (χ0v) is 10.1. The number of nitrogens with zero attached hydrogens (tertiary/aromatic N) is 1. The first-order valence-corrected chi connectivity index (χ1v) is 5.59. The van der Waals surface area contributed by atoms with Crippen LogP contribution in [0, 0.1) is 0 Å². The molecule has 0 radical (unpaired) electrons. The van der Waals surface area contributed by atoms with Gasteiger partial charge in [-0.15, -0.1) is 0 Å². The van der Waals surface area contributed by atoms with E-state index in [4.69, 9.17) is 4.74 Å². The second kappa shape index (κ2) is 4.99. The molecule has 0 aromatic carbocycles. The summed E-state index contributed by atoms with van der Waals surface area (Å²) in [5.41, 5.74) is -0.576. The van der Waals surface area contributed by atoms with Gasteiger partial charge in [-0.05, 0) is 33.6 Å². The molecule has 1 amide bonds. The highest BCUT2D eigenvalue weighted by Gasteiger charge is 2.30. The molecule has 1 saturated heterocycles. The van der Waals surface area contributed by atoms with Crippen molar-refractivity contribution in [2.75, 3.05) is 13.1 Å². The molecule has 1 aliphatic rings. The molecule has 1 N–H and O–H groups in total. The first-order valence-electron chi connectivity index (χ1n) is 5.59. The molecule has 0 aromatic rings. The van der Waals surface area contributed by atoms with E-state index in [1.807, 2.05) is 0 Å². The normalized spacial score (nSPS) is 27.4. The Morgan fingerprint density at radius 3 is 2.69 bits per heavy atom. The molecule has 1 fully saturated rings. The summed E-state index contributed by atoms with van der Waals surface area (Å²) in [4.78, 5) is 13.0. The van der Waals surface area contributed by atoms with Crippen molar-refractivity contribution in [3.8, 4) is 0 Å². The Labute approximate surface area is 95.4 Å². The Morgan fingerprint density at radius 1 is 1.50 bits per heavy atom. The third-order valence-electron chi connectivity index (χ3n) is 2.39. The lowest BCUT2D eigenvalue weighted by Gasteiger charge is -2.27. The van der Waals surface area contributed by atoms with Gasteiger partial charge >= 0.3 is 6.09 Å². The molecule has 2 atom stereocenters. The van der Waals surface area contributed by atoms with E-state index in [0.717, 1.165) is 0 Å². The number of carbonyl (C=O) groups is 1. The van der Waals surface area contributed by atoms with E-state index in [9.17, 15) is 14.3 Å². The zero-order chi connectivity index (χ0) is 12.3. The molecular weight excluding hydrogens is 213 g/mol. The molecule has 0 bridgehead atoms. The van der Waals surface area contributed by atoms with Crippen molar-refractivity contribution < 1.29 is 19.0 Å². The number of aliphatic hydroxyl groups is 1. The van der Waals surface area contributed by atoms with Gasteiger partial charge in [0.15, 0.2) is 0 Å². The summed E-state index contributed by atoms with van der Waals surface area (Å²) in [5, 5.41) is 9.34. The van der Waals surface area contributed by atoms with Gasteiger partial charge in [-0.1, -0.05) is 0 Å². The Morgan fingerprint density at radius 2 is 2.12 bits per heavy atom. The number of rotatable bonds is 0. The van der Waals surface area contributed by atoms with Crippen molar-refractivity contribution in [1.29, 1.82) is 0 Å². The van der Waals surface area contributed by atoms with Gasteiger partial charge in [0.1, 0.15) is 11.8 Å². The van der Waals surface area contributed by atoms with Crippen molar-refractivity contribution in [3.63, 3.8) is 0 Å². The third-order valence-corrected chi connectivity index (χ3v) is 2.39. The number of likely N-dealkylation sites (tertiary alicyclic amines) is 1. The molecule has 0 aromatic heterocycles. The molecule has 1 aliphatic heterocycles. The van der Waals surface area contributed by atoms with E-state index in [0.29, 0.717) is 19.4 Å². The number of amides is 1. The molecule has 0 saturated carbocycles. The second-order valence-electron chi connectivity index (χ2n) is 5.15. The maximum absolute atomic E-state index is 13.4. The molecule has 1 rings (SSSR count). The zero-order valence-electron chi connectivity index (χ0n) is 10.1. The standard InChI is InChI=1S/C11H20FNO3/c1-11(2,3)16-10(15)13-6-4-5-9(14)8(12)7-13/h8-9,14H,4-7H2,1-3H3/t8-,9-/m0/s1. The van der Waals surface area contributed by atoms with Crippen molar-refractivity contribution in [3.05, 3.63) is 0 Å². The summed E-state index contributed by atoms with van der Waals surface area (Å²) >= 11 is 0. The predicted molar refractivity (Wildman–Crippen MR) is 57.9 cm³/mol. The van der Waals surface area contributed by atoms with Crippen molar-refractivity contribution in [1.82, 2.24) is 4.90 Å². The predicted octanol–water partition coefficient (Wildman–Crippen LogP) is 1.72. The number of alkyl halides is 1. The molecule has 0 aliphatic carbocycles. The van der Waals surface area contributed by atoms with Crippen LogP contribution in [-0.2, 0) is 4.74 Å². The van der Waals surface area contributed by atoms with Crippen LogP contribution in [0.25, 0.3) is 0 Å². The third kappa shape index (κ3) is 3.96. The number of ether oxygens (including phenoxy) is 1. The Kier molecular flexibility index (Phi) is 4.13. The van der Waals surface area contributed by atoms with Gasteiger partial charge in [0.05, 0.1) is 12.6 Å². The number of hydrogen-bond donors (Lipinski definition) is 1. The fourth-order valence-corrected chi connectivity index (χ4v) is 1.59. The number of carbonyl (C=O) groups excluding carboxylic acids is 1. The van der Waals surface area contributed by atoms with Crippen LogP contribution in [0.15, 0.2) is 0 Å². The van der Waals surface area contributed by atoms with Crippen LogP contribution >= 0.6 is 0 Å². The minimum absolute atomic E-state index is 0.0872. The number of hydrogen-bond acceptors (Lipinski definition) is 3. The van der Waals surface area contributed by atoms with E-state index < -0.39 is 24.0 Å². The SMILES string of the molecule is CC(C)(C)OC(=O)N1CCC[C@H](O)[C@@H](F)C1. The minimum atomic E-state index is -1.38. The van der Waals surface area contributed by atoms with Crippen LogP contribution < -0.4 is 0 Å². The summed E-state index contributed by atoms with van der Waals surface area (Å²) in [7, 11) is 0. The minimum Gasteiger partial charge on any atom is -0.444 e. The summed E-state index contributed by atoms with van der Waals surface area (Å²) in [6.07, 6.45) is -1.87. The molecule has 94 valence electrons. The van der Waals surface area contributed by atoms with E-state index in [-0.39, 0.29) is 6.54 Å². The molecule has 0 spiro atoms. The molecule has 5 heteroatoms. The van der Waals surface area contributed by atoms with Crippen molar-refractivity contribution in [2.24, 2.45) is 0 Å². The van der Waals surface area contributed by atoms with Gasteiger partial charge in [-0.25, -0.2) is 9.18 Å². The van der Waals surface area contributed by atoms with E-state index in [2.05, 4.69) is 0 Å². The van der Waals surface area contributed by atoms with Gasteiger partial charge in [0.2, 0.25) is 0 Å². The average Bonchev–Trinajstić information content (AvgIpc) is 2.27. The van der Waals surface area contributed by atoms with E-state index in [1.165, 1.54) is 4.90 Å². The molecule has 1 heterocycles. The summed E-state index contributed by atoms with van der Waals surface area (Å²) in [5.74, 6) is 0. The summed E-state index contributed by atoms with van der Waals surface area (Å²) in [6, 6.07) is 0. The van der Waals surface area contributed by atoms with Crippen LogP contribution in [0.3, 0.4) is 0 Å². The first-order chi connectivity index (χ1) is 7.29.